The molecule has 19 heavy (non-hydrogen) atoms. The lowest BCUT2D eigenvalue weighted by Gasteiger charge is -2.18. The summed E-state index contributed by atoms with van der Waals surface area (Å²) >= 11 is 3.32. The van der Waals surface area contributed by atoms with E-state index in [-0.39, 0.29) is 5.56 Å². The lowest BCUT2D eigenvalue weighted by molar-refractivity contribution is 0.774. The van der Waals surface area contributed by atoms with E-state index in [4.69, 9.17) is 0 Å². The summed E-state index contributed by atoms with van der Waals surface area (Å²) in [6, 6.07) is 10.5. The molecule has 0 amide bonds. The molecule has 1 N–H and O–H groups in total. The summed E-state index contributed by atoms with van der Waals surface area (Å²) in [5.41, 5.74) is 1.22. The van der Waals surface area contributed by atoms with Crippen molar-refractivity contribution in [1.82, 2.24) is 9.97 Å². The van der Waals surface area contributed by atoms with E-state index in [2.05, 4.69) is 55.1 Å². The maximum atomic E-state index is 11.6. The van der Waals surface area contributed by atoms with Crippen LogP contribution >= 0.6 is 15.9 Å². The molecule has 0 radical (unpaired) electrons. The van der Waals surface area contributed by atoms with Crippen molar-refractivity contribution in [2.45, 2.75) is 12.3 Å². The number of halogens is 1. The Bertz CT molecular complexity index is 626. The molecule has 0 aliphatic carbocycles. The van der Waals surface area contributed by atoms with Gasteiger partial charge in [0, 0.05) is 19.0 Å². The van der Waals surface area contributed by atoms with Crippen LogP contribution in [0.1, 0.15) is 17.9 Å². The van der Waals surface area contributed by atoms with Crippen molar-refractivity contribution in [3.63, 3.8) is 0 Å². The predicted octanol–water partition coefficient (Wildman–Crippen LogP) is 2.53. The lowest BCUT2D eigenvalue weighted by atomic mass is 9.99. The molecule has 2 aromatic rings. The summed E-state index contributed by atoms with van der Waals surface area (Å²) in [6.07, 6.45) is 2.54. The first kappa shape index (κ1) is 12.4. The number of nitrogens with one attached hydrogen (secondary N) is 1. The Morgan fingerprint density at radius 2 is 2.11 bits per heavy atom. The van der Waals surface area contributed by atoms with Crippen molar-refractivity contribution in [3.8, 4) is 0 Å². The van der Waals surface area contributed by atoms with E-state index in [1.165, 1.54) is 11.9 Å². The van der Waals surface area contributed by atoms with Gasteiger partial charge >= 0.3 is 0 Å². The molecule has 1 aliphatic heterocycles. The highest BCUT2D eigenvalue weighted by Gasteiger charge is 2.26. The molecule has 1 unspecified atom stereocenters. The third-order valence-corrected chi connectivity index (χ3v) is 4.25. The summed E-state index contributed by atoms with van der Waals surface area (Å²) in [6.45, 7) is 1.83. The maximum absolute atomic E-state index is 11.6. The number of aromatic nitrogens is 2. The number of anilines is 1. The Labute approximate surface area is 119 Å². The Kier molecular flexibility index (Phi) is 3.38. The first-order valence-corrected chi connectivity index (χ1v) is 7.08. The Balaban J connectivity index is 1.83. The van der Waals surface area contributed by atoms with Gasteiger partial charge in [0.05, 0.1) is 6.33 Å². The molecular weight excluding hydrogens is 306 g/mol. The number of nitrogens with zero attached hydrogens (tertiary/aromatic N) is 2. The number of rotatable bonds is 2. The second-order valence-electron chi connectivity index (χ2n) is 4.71. The van der Waals surface area contributed by atoms with Crippen LogP contribution in [0.25, 0.3) is 0 Å². The number of H-pyrrole nitrogens is 1. The fourth-order valence-corrected chi connectivity index (χ4v) is 3.01. The number of hydrogen-bond donors (Lipinski definition) is 1. The van der Waals surface area contributed by atoms with Crippen LogP contribution in [-0.2, 0) is 0 Å². The number of hydrogen-bond acceptors (Lipinski definition) is 3. The third kappa shape index (κ3) is 2.42. The largest absolute Gasteiger partial charge is 0.355 e. The second-order valence-corrected chi connectivity index (χ2v) is 5.50. The van der Waals surface area contributed by atoms with E-state index < -0.39 is 0 Å². The molecule has 1 atom stereocenters. The summed E-state index contributed by atoms with van der Waals surface area (Å²) in [7, 11) is 0. The van der Waals surface area contributed by atoms with Gasteiger partial charge < -0.3 is 9.88 Å². The maximum Gasteiger partial charge on any atom is 0.267 e. The van der Waals surface area contributed by atoms with Gasteiger partial charge in [-0.25, -0.2) is 4.98 Å². The second kappa shape index (κ2) is 5.17. The monoisotopic (exact) mass is 319 g/mol. The molecule has 1 aliphatic rings. The van der Waals surface area contributed by atoms with Crippen molar-refractivity contribution in [2.75, 3.05) is 18.0 Å². The fourth-order valence-electron chi connectivity index (χ4n) is 2.54. The van der Waals surface area contributed by atoms with E-state index >= 15 is 0 Å². The number of aromatic amines is 1. The highest BCUT2D eigenvalue weighted by Crippen LogP contribution is 2.31. The Morgan fingerprint density at radius 1 is 1.32 bits per heavy atom. The Hall–Kier alpha value is -1.62. The van der Waals surface area contributed by atoms with E-state index in [9.17, 15) is 4.79 Å². The van der Waals surface area contributed by atoms with Crippen LogP contribution < -0.4 is 10.5 Å². The highest BCUT2D eigenvalue weighted by atomic mass is 79.9. The first-order valence-electron chi connectivity index (χ1n) is 6.29. The zero-order valence-corrected chi connectivity index (χ0v) is 11.9. The van der Waals surface area contributed by atoms with Gasteiger partial charge in [-0.1, -0.05) is 30.3 Å². The average Bonchev–Trinajstić information content (AvgIpc) is 2.92. The predicted molar refractivity (Wildman–Crippen MR) is 78.6 cm³/mol. The standard InChI is InChI=1S/C14H14BrN3O/c15-12-13(16-9-17-14(12)19)18-7-6-11(8-18)10-4-2-1-3-5-10/h1-5,9,11H,6-8H2,(H,16,17,19). The minimum absolute atomic E-state index is 0.131. The molecule has 1 aromatic carbocycles. The van der Waals surface area contributed by atoms with Crippen molar-refractivity contribution in [3.05, 3.63) is 57.0 Å². The first-order chi connectivity index (χ1) is 9.25. The van der Waals surface area contributed by atoms with Crippen LogP contribution in [0.15, 0.2) is 45.9 Å². The third-order valence-electron chi connectivity index (χ3n) is 3.54. The van der Waals surface area contributed by atoms with Gasteiger partial charge in [-0.3, -0.25) is 4.79 Å². The van der Waals surface area contributed by atoms with Crippen LogP contribution in [0.3, 0.4) is 0 Å². The zero-order valence-electron chi connectivity index (χ0n) is 10.3. The molecule has 1 saturated heterocycles. The van der Waals surface area contributed by atoms with Crippen LogP contribution in [0.2, 0.25) is 0 Å². The summed E-state index contributed by atoms with van der Waals surface area (Å²) in [5.74, 6) is 1.25. The molecule has 3 rings (SSSR count). The molecule has 2 heterocycles. The average molecular weight is 320 g/mol. The van der Waals surface area contributed by atoms with E-state index in [0.717, 1.165) is 25.3 Å². The van der Waals surface area contributed by atoms with Crippen LogP contribution in [-0.4, -0.2) is 23.1 Å². The van der Waals surface area contributed by atoms with Crippen molar-refractivity contribution in [1.29, 1.82) is 0 Å². The van der Waals surface area contributed by atoms with Crippen molar-refractivity contribution < 1.29 is 0 Å². The zero-order chi connectivity index (χ0) is 13.2. The van der Waals surface area contributed by atoms with Gasteiger partial charge in [-0.15, -0.1) is 0 Å². The van der Waals surface area contributed by atoms with Crippen LogP contribution in [0.4, 0.5) is 5.82 Å². The highest BCUT2D eigenvalue weighted by molar-refractivity contribution is 9.10. The van der Waals surface area contributed by atoms with Crippen LogP contribution in [0.5, 0.6) is 0 Å². The van der Waals surface area contributed by atoms with Crippen LogP contribution in [0, 0.1) is 0 Å². The van der Waals surface area contributed by atoms with Gasteiger partial charge in [-0.05, 0) is 27.9 Å². The topological polar surface area (TPSA) is 49.0 Å². The molecule has 0 bridgehead atoms. The molecule has 0 spiro atoms. The summed E-state index contributed by atoms with van der Waals surface area (Å²) < 4.78 is 0.517. The van der Waals surface area contributed by atoms with Gasteiger partial charge in [0.15, 0.2) is 0 Å². The van der Waals surface area contributed by atoms with Crippen molar-refractivity contribution >= 4 is 21.7 Å². The molecule has 1 fully saturated rings. The van der Waals surface area contributed by atoms with Gasteiger partial charge in [0.1, 0.15) is 10.3 Å². The summed E-state index contributed by atoms with van der Waals surface area (Å²) in [4.78, 5) is 20.6. The fraction of sp³-hybridized carbons (Fsp3) is 0.286. The van der Waals surface area contributed by atoms with Gasteiger partial charge in [-0.2, -0.15) is 0 Å². The van der Waals surface area contributed by atoms with Crippen molar-refractivity contribution in [2.24, 2.45) is 0 Å². The van der Waals surface area contributed by atoms with E-state index in [1.54, 1.807) is 0 Å². The lowest BCUT2D eigenvalue weighted by Crippen LogP contribution is -2.24. The minimum atomic E-state index is -0.131. The molecule has 4 nitrogen and oxygen atoms in total. The molecule has 1 aromatic heterocycles. The molecule has 0 saturated carbocycles. The smallest absolute Gasteiger partial charge is 0.267 e. The van der Waals surface area contributed by atoms with Gasteiger partial charge in [0.2, 0.25) is 0 Å². The van der Waals surface area contributed by atoms with E-state index in [0.29, 0.717) is 10.4 Å². The summed E-state index contributed by atoms with van der Waals surface area (Å²) in [5, 5.41) is 0. The normalized spacial score (nSPS) is 18.8. The molecule has 5 heteroatoms. The molecular formula is C14H14BrN3O. The number of benzene rings is 1. The van der Waals surface area contributed by atoms with E-state index in [1.807, 2.05) is 6.07 Å². The molecule has 98 valence electrons. The SMILES string of the molecule is O=c1[nH]cnc(N2CCC(c3ccccc3)C2)c1Br. The Morgan fingerprint density at radius 3 is 2.89 bits per heavy atom. The van der Waals surface area contributed by atoms with Gasteiger partial charge in [0.25, 0.3) is 5.56 Å². The quantitative estimate of drug-likeness (QED) is 0.925. The minimum Gasteiger partial charge on any atom is -0.355 e.